The van der Waals surface area contributed by atoms with Crippen LogP contribution in [0.2, 0.25) is 0 Å². The number of amides is 3. The average Bonchev–Trinajstić information content (AvgIpc) is 4.24. The van der Waals surface area contributed by atoms with Crippen LogP contribution < -0.4 is 26.1 Å². The quantitative estimate of drug-likeness (QED) is 0.0461. The number of aliphatic carboxylic acids is 1. The first-order valence-electron chi connectivity index (χ1n) is 23.3. The molecule has 8 heterocycles. The van der Waals surface area contributed by atoms with E-state index in [4.69, 9.17) is 9.94 Å². The Balaban J connectivity index is 0.000000147. The van der Waals surface area contributed by atoms with Crippen LogP contribution >= 0.6 is 0 Å². The van der Waals surface area contributed by atoms with Crippen molar-refractivity contribution in [2.45, 2.75) is 60.0 Å². The van der Waals surface area contributed by atoms with E-state index in [1.807, 2.05) is 0 Å². The largest absolute Gasteiger partial charge is 0.481 e. The van der Waals surface area contributed by atoms with Gasteiger partial charge in [0.05, 0.1) is 40.7 Å². The number of hydrogen-bond donors (Lipinski definition) is 8. The third-order valence-corrected chi connectivity index (χ3v) is 13.1. The lowest BCUT2D eigenvalue weighted by atomic mass is 9.90. The van der Waals surface area contributed by atoms with Crippen LogP contribution in [0.4, 0.5) is 30.2 Å². The molecule has 1 fully saturated rings. The summed E-state index contributed by atoms with van der Waals surface area (Å²) in [5.41, 5.74) is 8.58. The maximum atomic E-state index is 13.7. The van der Waals surface area contributed by atoms with Crippen LogP contribution in [0.1, 0.15) is 85.2 Å². The van der Waals surface area contributed by atoms with Crippen LogP contribution in [0.5, 0.6) is 0 Å². The third-order valence-electron chi connectivity index (χ3n) is 13.1. The summed E-state index contributed by atoms with van der Waals surface area (Å²) >= 11 is 0. The van der Waals surface area contributed by atoms with Gasteiger partial charge in [0, 0.05) is 63.2 Å². The number of pyridine rings is 1. The number of aldehydes is 1. The van der Waals surface area contributed by atoms with E-state index in [0.29, 0.717) is 90.7 Å². The van der Waals surface area contributed by atoms with Gasteiger partial charge in [0.15, 0.2) is 0 Å². The molecule has 0 bridgehead atoms. The molecule has 76 heavy (non-hydrogen) atoms. The second kappa shape index (κ2) is 21.5. The van der Waals surface area contributed by atoms with Crippen LogP contribution in [0.3, 0.4) is 0 Å². The molecule has 4 unspecified atom stereocenters. The lowest BCUT2D eigenvalue weighted by molar-refractivity contribution is -0.143. The Hall–Kier alpha value is -9.51. The van der Waals surface area contributed by atoms with Crippen LogP contribution in [0.15, 0.2) is 72.9 Å². The van der Waals surface area contributed by atoms with Crippen LogP contribution in [-0.4, -0.2) is 94.3 Å². The highest BCUT2D eigenvalue weighted by atomic mass is 19.1. The Bertz CT molecular complexity index is 3620. The fourth-order valence-corrected chi connectivity index (χ4v) is 9.33. The minimum Gasteiger partial charge on any atom is -0.481 e. The molecule has 7 aromatic rings. The lowest BCUT2D eigenvalue weighted by Crippen LogP contribution is -2.31. The summed E-state index contributed by atoms with van der Waals surface area (Å²) in [5.74, 6) is -5.01. The summed E-state index contributed by atoms with van der Waals surface area (Å²) in [4.78, 5) is 97.0. The summed E-state index contributed by atoms with van der Waals surface area (Å²) in [5, 5.41) is 36.6. The number of aromatic carboxylic acids is 1. The first-order chi connectivity index (χ1) is 36.1. The van der Waals surface area contributed by atoms with Gasteiger partial charge < -0.3 is 51.1 Å². The predicted octanol–water partition coefficient (Wildman–Crippen LogP) is 6.84. The van der Waals surface area contributed by atoms with Crippen molar-refractivity contribution in [2.75, 3.05) is 16.0 Å². The highest BCUT2D eigenvalue weighted by molar-refractivity contribution is 6.35. The topological polar surface area (TPSA) is 292 Å². The number of hydrogen-bond acceptors (Lipinski definition) is 12. The number of aromatic amines is 2. The van der Waals surface area contributed by atoms with Gasteiger partial charge in [-0.15, -0.1) is 5.10 Å². The molecule has 4 atom stereocenters. The zero-order valence-corrected chi connectivity index (χ0v) is 41.3. The maximum absolute atomic E-state index is 13.7. The van der Waals surface area contributed by atoms with Crippen molar-refractivity contribution in [3.63, 3.8) is 0 Å². The molecule has 4 aliphatic heterocycles. The number of anilines is 3. The van der Waals surface area contributed by atoms with E-state index >= 15 is 0 Å². The number of carboxylic acids is 2. The SMILES string of the molecule is CC1NC(C=O)C(C)C1C(=O)O.Cc1[nH]c(/C=C2\C(=O)Nc3ccc(F)cc32)c(C)c1C(=O)O.Cc1[nH]c(/C=C2\C(=O)Nc3ccc(F)cc32)c(C)c1C(=O)On1nnc2cccnc21.O=C1Cc2cc(F)ccc2N1. The lowest BCUT2D eigenvalue weighted by Gasteiger charge is -2.13. The number of nitrogens with zero attached hydrogens (tertiary/aromatic N) is 4. The summed E-state index contributed by atoms with van der Waals surface area (Å²) in [7, 11) is 0. The molecule has 23 heteroatoms. The minimum atomic E-state index is -1.03. The number of carboxylic acid groups (broad SMARTS) is 2. The number of carbonyl (C=O) groups is 7. The summed E-state index contributed by atoms with van der Waals surface area (Å²) in [6.45, 7) is 10.3. The van der Waals surface area contributed by atoms with Crippen LogP contribution in [-0.2, 0) is 30.4 Å². The number of fused-ring (bicyclic) bond motifs is 4. The van der Waals surface area contributed by atoms with Gasteiger partial charge in [-0.05, 0) is 146 Å². The number of benzene rings is 3. The number of aryl methyl sites for hydroxylation is 2. The molecule has 3 aromatic carbocycles. The van der Waals surface area contributed by atoms with E-state index in [2.05, 4.69) is 46.5 Å². The van der Waals surface area contributed by atoms with Gasteiger partial charge in [-0.1, -0.05) is 6.92 Å². The van der Waals surface area contributed by atoms with Gasteiger partial charge in [-0.3, -0.25) is 19.2 Å². The van der Waals surface area contributed by atoms with Gasteiger partial charge in [0.25, 0.3) is 11.8 Å². The number of halogens is 3. The second-order valence-corrected chi connectivity index (χ2v) is 18.1. The van der Waals surface area contributed by atoms with E-state index in [-0.39, 0.29) is 47.1 Å². The molecule has 11 rings (SSSR count). The Kier molecular flexibility index (Phi) is 15.0. The first kappa shape index (κ1) is 52.8. The van der Waals surface area contributed by atoms with E-state index in [0.717, 1.165) is 22.4 Å². The monoisotopic (exact) mass is 1040 g/mol. The summed E-state index contributed by atoms with van der Waals surface area (Å²) in [6, 6.07) is 15.4. The van der Waals surface area contributed by atoms with Gasteiger partial charge in [0.2, 0.25) is 11.6 Å². The van der Waals surface area contributed by atoms with E-state index in [1.165, 1.54) is 48.5 Å². The molecule has 3 amide bonds. The molecule has 0 spiro atoms. The van der Waals surface area contributed by atoms with Crippen molar-refractivity contribution in [1.29, 1.82) is 0 Å². The van der Waals surface area contributed by atoms with Gasteiger partial charge in [0.1, 0.15) is 29.3 Å². The number of aromatic nitrogens is 6. The fraction of sp³-hybridized carbons (Fsp3) is 0.208. The molecule has 20 nitrogen and oxygen atoms in total. The molecule has 0 radical (unpaired) electrons. The van der Waals surface area contributed by atoms with Gasteiger partial charge >= 0.3 is 17.9 Å². The average molecular weight is 1040 g/mol. The highest BCUT2D eigenvalue weighted by Crippen LogP contribution is 2.36. The van der Waals surface area contributed by atoms with Crippen molar-refractivity contribution in [2.24, 2.45) is 11.8 Å². The Morgan fingerprint density at radius 3 is 1.79 bits per heavy atom. The summed E-state index contributed by atoms with van der Waals surface area (Å²) < 4.78 is 39.6. The Labute approximate surface area is 429 Å². The van der Waals surface area contributed by atoms with Gasteiger partial charge in [-0.2, -0.15) is 0 Å². The van der Waals surface area contributed by atoms with E-state index in [9.17, 15) is 51.8 Å². The number of carbonyl (C=O) groups excluding carboxylic acids is 5. The minimum absolute atomic E-state index is 0.0643. The van der Waals surface area contributed by atoms with Crippen molar-refractivity contribution >= 4 is 93.4 Å². The van der Waals surface area contributed by atoms with Crippen molar-refractivity contribution < 1.29 is 61.8 Å². The molecule has 8 N–H and O–H groups in total. The van der Waals surface area contributed by atoms with Crippen molar-refractivity contribution in [3.8, 4) is 0 Å². The Morgan fingerprint density at radius 2 is 1.28 bits per heavy atom. The molecule has 4 aromatic heterocycles. The van der Waals surface area contributed by atoms with Crippen molar-refractivity contribution in [1.82, 2.24) is 35.4 Å². The number of nitrogens with one attached hydrogen (secondary N) is 6. The van der Waals surface area contributed by atoms with Crippen LogP contribution in [0, 0.1) is 57.0 Å². The molecular formula is C53H47F3N10O10. The highest BCUT2D eigenvalue weighted by Gasteiger charge is 2.42. The van der Waals surface area contributed by atoms with Crippen molar-refractivity contribution in [3.05, 3.63) is 152 Å². The maximum Gasteiger partial charge on any atom is 0.367 e. The second-order valence-electron chi connectivity index (χ2n) is 18.1. The normalized spacial score (nSPS) is 18.7. The predicted molar refractivity (Wildman–Crippen MR) is 271 cm³/mol. The standard InChI is InChI=1S/C21H15FN6O3.C16H13FN2O3.C8H6FNO.C8H13NO3/c1-10-17(9-14-13-8-12(22)5-6-15(13)25-20(14)29)24-11(2)18(10)21(30)31-28-19-16(26-27-28)4-3-7-23-19;1-7-13(18-8(2)14(7)16(21)22)6-11-10-5-9(17)3-4-12(10)19-15(11)20;9-6-1-2-7-5(3-6)4-8(11)10-7;1-4-6(3-10)9-5(2)7(4)8(11)12/h3-9,24H,1-2H3,(H,25,29);3-6,18H,1-2H3,(H,19,20)(H,21,22);1-3H,4H2,(H,10,11);3-7,9H,1-2H3,(H,11,12)/b14-9-;11-6-;;. The molecule has 390 valence electrons. The summed E-state index contributed by atoms with van der Waals surface area (Å²) in [6.07, 6.45) is 5.76. The van der Waals surface area contributed by atoms with Crippen LogP contribution in [0.25, 0.3) is 34.5 Å². The number of rotatable bonds is 7. The number of H-pyrrole nitrogens is 2. The van der Waals surface area contributed by atoms with Gasteiger partial charge in [-0.25, -0.2) is 27.7 Å². The van der Waals surface area contributed by atoms with E-state index < -0.39 is 35.5 Å². The first-order valence-corrected chi connectivity index (χ1v) is 23.3. The zero-order chi connectivity index (χ0) is 54.9. The molecule has 4 aliphatic rings. The third kappa shape index (κ3) is 10.8. The molecular weight excluding hydrogens is 994 g/mol. The fourth-order valence-electron chi connectivity index (χ4n) is 9.33. The zero-order valence-electron chi connectivity index (χ0n) is 41.3. The molecule has 0 saturated carbocycles. The molecule has 1 saturated heterocycles. The molecule has 0 aliphatic carbocycles. The van der Waals surface area contributed by atoms with E-state index in [1.54, 1.807) is 78.1 Å². The smallest absolute Gasteiger partial charge is 0.367 e. The Morgan fingerprint density at radius 1 is 0.737 bits per heavy atom.